The Kier molecular flexibility index (Phi) is 4.76. The molecule has 0 saturated carbocycles. The molecule has 0 spiro atoms. The fourth-order valence-electron chi connectivity index (χ4n) is 0.956. The Labute approximate surface area is 83.0 Å². The second-order valence-electron chi connectivity index (χ2n) is 4.35. The highest BCUT2D eigenvalue weighted by atomic mass is 14.2. The van der Waals surface area contributed by atoms with E-state index >= 15 is 0 Å². The van der Waals surface area contributed by atoms with Crippen molar-refractivity contribution in [1.82, 2.24) is 0 Å². The summed E-state index contributed by atoms with van der Waals surface area (Å²) in [7, 11) is 0. The molecule has 0 saturated heterocycles. The molecule has 0 bridgehead atoms. The average molecular weight is 178 g/mol. The lowest BCUT2D eigenvalue weighted by molar-refractivity contribution is 0.590. The van der Waals surface area contributed by atoms with Gasteiger partial charge in [0, 0.05) is 5.41 Å². The smallest absolute Gasteiger partial charge is 0.00694 e. The lowest BCUT2D eigenvalue weighted by Gasteiger charge is -2.21. The summed E-state index contributed by atoms with van der Waals surface area (Å²) in [6.07, 6.45) is 8.58. The van der Waals surface area contributed by atoms with Crippen LogP contribution >= 0.6 is 0 Å². The van der Waals surface area contributed by atoms with Crippen LogP contribution in [0.5, 0.6) is 0 Å². The van der Waals surface area contributed by atoms with Gasteiger partial charge in [-0.1, -0.05) is 58.6 Å². The van der Waals surface area contributed by atoms with Gasteiger partial charge in [-0.3, -0.25) is 0 Å². The monoisotopic (exact) mass is 178 g/mol. The van der Waals surface area contributed by atoms with E-state index in [2.05, 4.69) is 52.5 Å². The highest BCUT2D eigenvalue weighted by Gasteiger charge is 2.15. The molecule has 0 aliphatic heterocycles. The molecule has 74 valence electrons. The largest absolute Gasteiger partial charge is 0.0950 e. The quantitative estimate of drug-likeness (QED) is 0.443. The van der Waals surface area contributed by atoms with Gasteiger partial charge in [-0.25, -0.2) is 0 Å². The van der Waals surface area contributed by atoms with Gasteiger partial charge in [0.05, 0.1) is 0 Å². The van der Waals surface area contributed by atoms with Crippen molar-refractivity contribution >= 4 is 0 Å². The molecule has 0 aromatic rings. The minimum Gasteiger partial charge on any atom is -0.0950 e. The van der Waals surface area contributed by atoms with Crippen LogP contribution in [0.2, 0.25) is 0 Å². The van der Waals surface area contributed by atoms with Crippen LogP contribution in [0.1, 0.15) is 34.6 Å². The van der Waals surface area contributed by atoms with Crippen LogP contribution in [0.25, 0.3) is 0 Å². The van der Waals surface area contributed by atoms with E-state index in [1.54, 1.807) is 0 Å². The molecule has 0 aliphatic carbocycles. The fourth-order valence-corrected chi connectivity index (χ4v) is 0.956. The van der Waals surface area contributed by atoms with E-state index in [0.717, 1.165) is 5.57 Å². The van der Waals surface area contributed by atoms with Crippen LogP contribution in [0, 0.1) is 11.3 Å². The van der Waals surface area contributed by atoms with Crippen molar-refractivity contribution in [3.05, 3.63) is 36.5 Å². The second-order valence-corrected chi connectivity index (χ2v) is 4.35. The number of hydrogen-bond acceptors (Lipinski definition) is 0. The summed E-state index contributed by atoms with van der Waals surface area (Å²) in [5.74, 6) is 0.609. The number of rotatable bonds is 4. The maximum absolute atomic E-state index is 4.06. The molecule has 0 aromatic carbocycles. The van der Waals surface area contributed by atoms with Crippen LogP contribution in [-0.4, -0.2) is 0 Å². The van der Waals surface area contributed by atoms with Crippen molar-refractivity contribution in [3.63, 3.8) is 0 Å². The molecular formula is C13H22. The Morgan fingerprint density at radius 1 is 1.31 bits per heavy atom. The normalized spacial score (nSPS) is 13.4. The van der Waals surface area contributed by atoms with Crippen LogP contribution < -0.4 is 0 Å². The van der Waals surface area contributed by atoms with E-state index in [9.17, 15) is 0 Å². The molecule has 0 heterocycles. The Morgan fingerprint density at radius 3 is 2.23 bits per heavy atom. The zero-order valence-electron chi connectivity index (χ0n) is 9.59. The topological polar surface area (TPSA) is 0 Å². The molecule has 0 fully saturated rings. The maximum Gasteiger partial charge on any atom is 0.00694 e. The summed E-state index contributed by atoms with van der Waals surface area (Å²) in [5, 5.41) is 0. The van der Waals surface area contributed by atoms with Gasteiger partial charge in [0.1, 0.15) is 0 Å². The minimum absolute atomic E-state index is 0.0801. The fraction of sp³-hybridized carbons (Fsp3) is 0.538. The lowest BCUT2D eigenvalue weighted by Crippen LogP contribution is -2.09. The van der Waals surface area contributed by atoms with Crippen molar-refractivity contribution in [2.75, 3.05) is 0 Å². The summed E-state index contributed by atoms with van der Waals surface area (Å²) >= 11 is 0. The molecule has 0 radical (unpaired) electrons. The summed E-state index contributed by atoms with van der Waals surface area (Å²) < 4.78 is 0. The summed E-state index contributed by atoms with van der Waals surface area (Å²) in [6.45, 7) is 14.8. The maximum atomic E-state index is 4.06. The average Bonchev–Trinajstić information content (AvgIpc) is 2.01. The second kappa shape index (κ2) is 5.06. The van der Waals surface area contributed by atoms with Crippen molar-refractivity contribution in [1.29, 1.82) is 0 Å². The Morgan fingerprint density at radius 2 is 1.85 bits per heavy atom. The molecule has 0 unspecified atom stereocenters. The third-order valence-electron chi connectivity index (χ3n) is 2.09. The first-order valence-electron chi connectivity index (χ1n) is 4.91. The molecule has 0 atom stereocenters. The molecule has 0 heteroatoms. The summed E-state index contributed by atoms with van der Waals surface area (Å²) in [5.41, 5.74) is 1.24. The minimum atomic E-state index is 0.0801. The zero-order chi connectivity index (χ0) is 10.5. The zero-order valence-corrected chi connectivity index (χ0v) is 9.59. The van der Waals surface area contributed by atoms with Gasteiger partial charge in [-0.15, -0.1) is 0 Å². The van der Waals surface area contributed by atoms with Gasteiger partial charge in [0.25, 0.3) is 0 Å². The van der Waals surface area contributed by atoms with Crippen molar-refractivity contribution in [2.24, 2.45) is 11.3 Å². The molecule has 0 N–H and O–H groups in total. The first-order chi connectivity index (χ1) is 5.90. The lowest BCUT2D eigenvalue weighted by atomic mass is 9.84. The van der Waals surface area contributed by atoms with Crippen molar-refractivity contribution < 1.29 is 0 Å². The van der Waals surface area contributed by atoms with Crippen LogP contribution in [0.3, 0.4) is 0 Å². The third-order valence-corrected chi connectivity index (χ3v) is 2.09. The number of allylic oxidation sites excluding steroid dienone is 5. The van der Waals surface area contributed by atoms with E-state index in [1.807, 2.05) is 13.0 Å². The SMILES string of the molecule is C=C(/C=C\C)C(C)(C)/C=C/C(C)C. The summed E-state index contributed by atoms with van der Waals surface area (Å²) in [6, 6.07) is 0. The van der Waals surface area contributed by atoms with E-state index in [-0.39, 0.29) is 5.41 Å². The number of hydrogen-bond donors (Lipinski definition) is 0. The molecule has 0 rings (SSSR count). The van der Waals surface area contributed by atoms with Gasteiger partial charge in [0.15, 0.2) is 0 Å². The van der Waals surface area contributed by atoms with E-state index in [1.165, 1.54) is 0 Å². The van der Waals surface area contributed by atoms with Crippen molar-refractivity contribution in [2.45, 2.75) is 34.6 Å². The van der Waals surface area contributed by atoms with Gasteiger partial charge in [0.2, 0.25) is 0 Å². The van der Waals surface area contributed by atoms with Crippen molar-refractivity contribution in [3.8, 4) is 0 Å². The molecule has 13 heavy (non-hydrogen) atoms. The van der Waals surface area contributed by atoms with E-state index < -0.39 is 0 Å². The summed E-state index contributed by atoms with van der Waals surface area (Å²) in [4.78, 5) is 0. The highest BCUT2D eigenvalue weighted by Crippen LogP contribution is 2.27. The molecular weight excluding hydrogens is 156 g/mol. The molecule has 0 nitrogen and oxygen atoms in total. The predicted octanol–water partition coefficient (Wildman–Crippen LogP) is 4.36. The Hall–Kier alpha value is -0.780. The van der Waals surface area contributed by atoms with Gasteiger partial charge >= 0.3 is 0 Å². The standard InChI is InChI=1S/C13H22/c1-7-8-12(4)13(5,6)10-9-11(2)3/h7-11H,4H2,1-3,5-6H3/b8-7-,10-9+. The van der Waals surface area contributed by atoms with E-state index in [0.29, 0.717) is 5.92 Å². The van der Waals surface area contributed by atoms with E-state index in [4.69, 9.17) is 0 Å². The Bertz CT molecular complexity index is 214. The molecule has 0 aromatic heterocycles. The molecule has 0 aliphatic rings. The first kappa shape index (κ1) is 12.2. The molecule has 0 amide bonds. The van der Waals surface area contributed by atoms with Crippen LogP contribution in [-0.2, 0) is 0 Å². The van der Waals surface area contributed by atoms with Gasteiger partial charge < -0.3 is 0 Å². The van der Waals surface area contributed by atoms with Crippen LogP contribution in [0.4, 0.5) is 0 Å². The van der Waals surface area contributed by atoms with Gasteiger partial charge in [-0.2, -0.15) is 0 Å². The van der Waals surface area contributed by atoms with Crippen LogP contribution in [0.15, 0.2) is 36.5 Å². The first-order valence-corrected chi connectivity index (χ1v) is 4.91. The third kappa shape index (κ3) is 4.72. The predicted molar refractivity (Wildman–Crippen MR) is 61.7 cm³/mol. The Balaban J connectivity index is 4.47. The van der Waals surface area contributed by atoms with Gasteiger partial charge in [-0.05, 0) is 18.4 Å². The highest BCUT2D eigenvalue weighted by molar-refractivity contribution is 5.26.